The molecule has 1 aliphatic carbocycles. The van der Waals surface area contributed by atoms with E-state index in [1.807, 2.05) is 35.6 Å². The molecule has 4 aromatic rings. The van der Waals surface area contributed by atoms with E-state index < -0.39 is 0 Å². The summed E-state index contributed by atoms with van der Waals surface area (Å²) in [6.45, 7) is 3.42. The van der Waals surface area contributed by atoms with Crippen molar-refractivity contribution in [1.82, 2.24) is 34.4 Å². The number of hydrogen-bond donors (Lipinski definition) is 2. The topological polar surface area (TPSA) is 104 Å². The zero-order valence-corrected chi connectivity index (χ0v) is 16.6. The second-order valence-corrected chi connectivity index (χ2v) is 8.36. The Labute approximate surface area is 172 Å². The van der Waals surface area contributed by atoms with Crippen molar-refractivity contribution in [2.24, 2.45) is 11.8 Å². The van der Waals surface area contributed by atoms with Crippen molar-refractivity contribution in [2.45, 2.75) is 25.8 Å². The quantitative estimate of drug-likeness (QED) is 0.545. The van der Waals surface area contributed by atoms with Crippen LogP contribution >= 0.6 is 0 Å². The molecule has 152 valence electrons. The highest BCUT2D eigenvalue weighted by atomic mass is 16.2. The fraction of sp³-hybridized carbons (Fsp3) is 0.381. The average molecular weight is 402 g/mol. The Balaban J connectivity index is 1.21. The first kappa shape index (κ1) is 17.4. The lowest BCUT2D eigenvalue weighted by atomic mass is 10.0. The second-order valence-electron chi connectivity index (χ2n) is 8.36. The van der Waals surface area contributed by atoms with Gasteiger partial charge in [-0.2, -0.15) is 10.1 Å². The van der Waals surface area contributed by atoms with Gasteiger partial charge in [0.15, 0.2) is 5.65 Å². The lowest BCUT2D eigenvalue weighted by molar-refractivity contribution is -0.128. The Kier molecular flexibility index (Phi) is 3.77. The van der Waals surface area contributed by atoms with Crippen molar-refractivity contribution in [2.75, 3.05) is 18.4 Å². The minimum atomic E-state index is 0.187. The Morgan fingerprint density at radius 2 is 2.03 bits per heavy atom. The molecule has 0 spiro atoms. The van der Waals surface area contributed by atoms with E-state index in [1.54, 1.807) is 17.6 Å². The Hall–Kier alpha value is -3.49. The maximum Gasteiger partial charge on any atom is 0.224 e. The molecule has 9 heteroatoms. The van der Waals surface area contributed by atoms with E-state index >= 15 is 0 Å². The Morgan fingerprint density at radius 3 is 2.83 bits per heavy atom. The molecule has 0 aromatic carbocycles. The predicted molar refractivity (Wildman–Crippen MR) is 112 cm³/mol. The molecule has 1 aliphatic heterocycles. The Bertz CT molecular complexity index is 1250. The van der Waals surface area contributed by atoms with Crippen molar-refractivity contribution in [3.63, 3.8) is 0 Å². The van der Waals surface area contributed by atoms with Crippen molar-refractivity contribution in [1.29, 1.82) is 0 Å². The number of carbonyl (C=O) groups is 1. The maximum atomic E-state index is 11.6. The first-order valence-electron chi connectivity index (χ1n) is 10.3. The van der Waals surface area contributed by atoms with Gasteiger partial charge < -0.3 is 15.2 Å². The van der Waals surface area contributed by atoms with Crippen LogP contribution in [-0.2, 0) is 4.79 Å². The van der Waals surface area contributed by atoms with Gasteiger partial charge in [0, 0.05) is 61.8 Å². The third-order valence-electron chi connectivity index (χ3n) is 6.49. The van der Waals surface area contributed by atoms with Crippen LogP contribution in [0.15, 0.2) is 36.9 Å². The number of nitrogens with zero attached hydrogens (tertiary/aromatic N) is 6. The zero-order valence-electron chi connectivity index (χ0n) is 16.6. The number of H-pyrrole nitrogens is 1. The molecule has 1 saturated heterocycles. The summed E-state index contributed by atoms with van der Waals surface area (Å²) >= 11 is 0. The van der Waals surface area contributed by atoms with E-state index in [0.717, 1.165) is 53.9 Å². The normalized spacial score (nSPS) is 23.4. The van der Waals surface area contributed by atoms with Crippen molar-refractivity contribution in [3.8, 4) is 11.3 Å². The molecule has 30 heavy (non-hydrogen) atoms. The number of nitrogens with one attached hydrogen (secondary N) is 2. The molecule has 2 N–H and O–H groups in total. The van der Waals surface area contributed by atoms with E-state index in [2.05, 4.69) is 30.4 Å². The van der Waals surface area contributed by atoms with Crippen molar-refractivity contribution < 1.29 is 4.79 Å². The van der Waals surface area contributed by atoms with Gasteiger partial charge in [-0.05, 0) is 36.8 Å². The molecule has 5 heterocycles. The van der Waals surface area contributed by atoms with Gasteiger partial charge in [0.1, 0.15) is 5.65 Å². The number of amides is 1. The highest BCUT2D eigenvalue weighted by Gasteiger charge is 2.41. The van der Waals surface area contributed by atoms with Crippen LogP contribution in [0.2, 0.25) is 0 Å². The SMILES string of the molecule is CC(=O)N1C[C@H]2C[C@@H](Nc3ncc4c(-c5ccc6nccn6n5)c[nH]c4n3)C[C@H]2C1. The van der Waals surface area contributed by atoms with E-state index in [0.29, 0.717) is 23.8 Å². The van der Waals surface area contributed by atoms with E-state index in [4.69, 9.17) is 0 Å². The predicted octanol–water partition coefficient (Wildman–Crippen LogP) is 2.34. The lowest BCUT2D eigenvalue weighted by Gasteiger charge is -2.18. The summed E-state index contributed by atoms with van der Waals surface area (Å²) in [5.74, 6) is 1.99. The van der Waals surface area contributed by atoms with Crippen LogP contribution in [-0.4, -0.2) is 59.5 Å². The number of rotatable bonds is 3. The number of carbonyl (C=O) groups excluding carboxylic acids is 1. The molecule has 6 rings (SSSR count). The fourth-order valence-electron chi connectivity index (χ4n) is 5.01. The lowest BCUT2D eigenvalue weighted by Crippen LogP contribution is -2.29. The Morgan fingerprint density at radius 1 is 1.20 bits per heavy atom. The molecular weight excluding hydrogens is 380 g/mol. The number of hydrogen-bond acceptors (Lipinski definition) is 6. The third-order valence-corrected chi connectivity index (χ3v) is 6.49. The summed E-state index contributed by atoms with van der Waals surface area (Å²) in [7, 11) is 0. The van der Waals surface area contributed by atoms with Crippen LogP contribution in [0, 0.1) is 11.8 Å². The molecule has 2 fully saturated rings. The highest BCUT2D eigenvalue weighted by Crippen LogP contribution is 2.39. The molecular formula is C21H22N8O. The van der Waals surface area contributed by atoms with Gasteiger partial charge in [-0.3, -0.25) is 4.79 Å². The van der Waals surface area contributed by atoms with Gasteiger partial charge >= 0.3 is 0 Å². The number of likely N-dealkylation sites (tertiary alicyclic amines) is 1. The molecule has 1 amide bonds. The monoisotopic (exact) mass is 402 g/mol. The van der Waals surface area contributed by atoms with Crippen LogP contribution < -0.4 is 5.32 Å². The zero-order chi connectivity index (χ0) is 20.2. The molecule has 4 aromatic heterocycles. The summed E-state index contributed by atoms with van der Waals surface area (Å²) in [5.41, 5.74) is 3.41. The molecule has 2 aliphatic rings. The van der Waals surface area contributed by atoms with Gasteiger partial charge in [0.2, 0.25) is 11.9 Å². The summed E-state index contributed by atoms with van der Waals surface area (Å²) < 4.78 is 1.76. The smallest absolute Gasteiger partial charge is 0.224 e. The van der Waals surface area contributed by atoms with E-state index in [-0.39, 0.29) is 5.91 Å². The second kappa shape index (κ2) is 6.51. The summed E-state index contributed by atoms with van der Waals surface area (Å²) in [6, 6.07) is 4.26. The van der Waals surface area contributed by atoms with Gasteiger partial charge in [-0.25, -0.2) is 14.5 Å². The summed E-state index contributed by atoms with van der Waals surface area (Å²) in [4.78, 5) is 30.3. The molecule has 3 atom stereocenters. The average Bonchev–Trinajstić information content (AvgIpc) is 3.49. The standard InChI is InChI=1S/C21H22N8O/c1-12(30)28-10-13-6-15(7-14(13)11-28)25-21-24-9-17-16(8-23-20(17)26-21)18-2-3-19-22-4-5-29(19)27-18/h2-5,8-9,13-15H,6-7,10-11H2,1H3,(H2,23,24,25,26)/t13-,14+,15-. The van der Waals surface area contributed by atoms with Gasteiger partial charge in [0.05, 0.1) is 5.69 Å². The number of anilines is 1. The molecule has 0 bridgehead atoms. The molecule has 9 nitrogen and oxygen atoms in total. The third kappa shape index (κ3) is 2.80. The van der Waals surface area contributed by atoms with Crippen LogP contribution in [0.1, 0.15) is 19.8 Å². The summed E-state index contributed by atoms with van der Waals surface area (Å²) in [5, 5.41) is 9.06. The summed E-state index contributed by atoms with van der Waals surface area (Å²) in [6.07, 6.45) is 9.45. The minimum Gasteiger partial charge on any atom is -0.351 e. The van der Waals surface area contributed by atoms with Crippen molar-refractivity contribution >= 4 is 28.5 Å². The van der Waals surface area contributed by atoms with Gasteiger partial charge in [0.25, 0.3) is 0 Å². The minimum absolute atomic E-state index is 0.187. The number of fused-ring (bicyclic) bond motifs is 3. The van der Waals surface area contributed by atoms with E-state index in [9.17, 15) is 4.79 Å². The molecule has 0 unspecified atom stereocenters. The van der Waals surface area contributed by atoms with E-state index in [1.165, 1.54) is 0 Å². The van der Waals surface area contributed by atoms with Crippen LogP contribution in [0.5, 0.6) is 0 Å². The molecule has 0 radical (unpaired) electrons. The first-order chi connectivity index (χ1) is 14.6. The fourth-order valence-corrected chi connectivity index (χ4v) is 5.01. The van der Waals surface area contributed by atoms with Gasteiger partial charge in [-0.15, -0.1) is 0 Å². The number of imidazole rings is 1. The van der Waals surface area contributed by atoms with Crippen LogP contribution in [0.3, 0.4) is 0 Å². The number of aromatic amines is 1. The first-order valence-corrected chi connectivity index (χ1v) is 10.3. The maximum absolute atomic E-state index is 11.6. The van der Waals surface area contributed by atoms with Crippen LogP contribution in [0.4, 0.5) is 5.95 Å². The van der Waals surface area contributed by atoms with Gasteiger partial charge in [-0.1, -0.05) is 0 Å². The molecule has 1 saturated carbocycles. The van der Waals surface area contributed by atoms with Crippen molar-refractivity contribution in [3.05, 3.63) is 36.9 Å². The van der Waals surface area contributed by atoms with Crippen LogP contribution in [0.25, 0.3) is 27.9 Å². The highest BCUT2D eigenvalue weighted by molar-refractivity contribution is 5.92. The largest absolute Gasteiger partial charge is 0.351 e. The number of aromatic nitrogens is 6.